The highest BCUT2D eigenvalue weighted by molar-refractivity contribution is 6.00. The van der Waals surface area contributed by atoms with E-state index >= 15 is 0 Å². The van der Waals surface area contributed by atoms with Crippen LogP contribution in [0.4, 0.5) is 0 Å². The van der Waals surface area contributed by atoms with Crippen molar-refractivity contribution < 1.29 is 0 Å². The monoisotopic (exact) mass is 175 g/mol. The van der Waals surface area contributed by atoms with Crippen molar-refractivity contribution in [1.29, 1.82) is 0 Å². The molecule has 2 aliphatic heterocycles. The van der Waals surface area contributed by atoms with Crippen LogP contribution >= 0.6 is 0 Å². The van der Waals surface area contributed by atoms with Crippen LogP contribution in [0.3, 0.4) is 0 Å². The van der Waals surface area contributed by atoms with E-state index in [9.17, 15) is 0 Å². The number of H-pyrrole nitrogens is 1. The van der Waals surface area contributed by atoms with Gasteiger partial charge in [-0.05, 0) is 5.22 Å². The van der Waals surface area contributed by atoms with Gasteiger partial charge in [0, 0.05) is 12.4 Å². The standard InChI is InChI=1S/C3HN5.C3H4N2/c1-2-3(6-4-1)7-8-5-2;1-2-5-3-4-1/h1H;1-3H,(H,4,5). The second kappa shape index (κ2) is 3.48. The van der Waals surface area contributed by atoms with Gasteiger partial charge in [0.2, 0.25) is 5.84 Å². The molecule has 0 radical (unpaired) electrons. The molecule has 0 spiro atoms. The Labute approximate surface area is 73.0 Å². The van der Waals surface area contributed by atoms with E-state index in [1.165, 1.54) is 6.20 Å². The molecule has 2 aliphatic rings. The smallest absolute Gasteiger partial charge is 0.227 e. The highest BCUT2D eigenvalue weighted by Gasteiger charge is 2.14. The van der Waals surface area contributed by atoms with Crippen molar-refractivity contribution >= 4 is 5.84 Å². The van der Waals surface area contributed by atoms with Gasteiger partial charge in [0.25, 0.3) is 0 Å². The number of hydrogen-bond acceptors (Lipinski definition) is 6. The van der Waals surface area contributed by atoms with Crippen LogP contribution in [0, 0.1) is 0 Å². The Bertz CT molecular complexity index is 340. The van der Waals surface area contributed by atoms with Gasteiger partial charge in [-0.2, -0.15) is 5.11 Å². The summed E-state index contributed by atoms with van der Waals surface area (Å²) in [5, 5.41) is 17.6. The third-order valence-corrected chi connectivity index (χ3v) is 1.26. The van der Waals surface area contributed by atoms with E-state index in [0.29, 0.717) is 11.5 Å². The molecule has 0 unspecified atom stereocenters. The molecule has 1 aromatic heterocycles. The Morgan fingerprint density at radius 1 is 1.23 bits per heavy atom. The van der Waals surface area contributed by atoms with Gasteiger partial charge >= 0.3 is 0 Å². The minimum absolute atomic E-state index is 0.519. The van der Waals surface area contributed by atoms with Crippen molar-refractivity contribution in [3.8, 4) is 0 Å². The Morgan fingerprint density at radius 3 is 2.85 bits per heavy atom. The molecule has 1 aromatic rings. The van der Waals surface area contributed by atoms with Crippen molar-refractivity contribution in [3.05, 3.63) is 30.6 Å². The first-order chi connectivity index (χ1) is 6.47. The summed E-state index contributed by atoms with van der Waals surface area (Å²) >= 11 is 0. The van der Waals surface area contributed by atoms with Crippen LogP contribution < -0.4 is 0 Å². The first kappa shape index (κ1) is 7.47. The number of rotatable bonds is 0. The average Bonchev–Trinajstić information content (AvgIpc) is 2.84. The largest absolute Gasteiger partial charge is 0.351 e. The van der Waals surface area contributed by atoms with Crippen molar-refractivity contribution in [3.63, 3.8) is 0 Å². The molecule has 0 saturated carbocycles. The van der Waals surface area contributed by atoms with Crippen molar-refractivity contribution in [1.82, 2.24) is 9.97 Å². The molecule has 0 aliphatic carbocycles. The first-order valence-corrected chi connectivity index (χ1v) is 3.49. The van der Waals surface area contributed by atoms with Crippen LogP contribution in [0.5, 0.6) is 0 Å². The molecular weight excluding hydrogens is 170 g/mol. The molecule has 0 atom stereocenters. The fourth-order valence-corrected chi connectivity index (χ4v) is 0.717. The third kappa shape index (κ3) is 1.70. The van der Waals surface area contributed by atoms with Crippen molar-refractivity contribution in [2.45, 2.75) is 0 Å². The second-order valence-electron chi connectivity index (χ2n) is 2.10. The maximum absolute atomic E-state index is 3.67. The fourth-order valence-electron chi connectivity index (χ4n) is 0.717. The summed E-state index contributed by atoms with van der Waals surface area (Å²) in [4.78, 5) is 6.42. The minimum Gasteiger partial charge on any atom is -0.351 e. The molecule has 0 fully saturated rings. The van der Waals surface area contributed by atoms with Gasteiger partial charge in [-0.25, -0.2) is 4.98 Å². The quantitative estimate of drug-likeness (QED) is 0.635. The topological polar surface area (TPSA) is 90.5 Å². The number of imidazole rings is 1. The van der Waals surface area contributed by atoms with Crippen LogP contribution in [-0.4, -0.2) is 15.8 Å². The van der Waals surface area contributed by atoms with E-state index in [4.69, 9.17) is 0 Å². The highest BCUT2D eigenvalue weighted by atomic mass is 15.5. The normalized spacial score (nSPS) is 16.0. The van der Waals surface area contributed by atoms with Crippen LogP contribution in [0.1, 0.15) is 0 Å². The zero-order valence-corrected chi connectivity index (χ0v) is 6.49. The molecule has 0 saturated heterocycles. The zero-order chi connectivity index (χ0) is 8.93. The number of hydrogen-bond donors (Lipinski definition) is 1. The SMILES string of the molecule is C1=C2N=NN=C2N=N1.c1c[nH]cn1. The van der Waals surface area contributed by atoms with Gasteiger partial charge in [0.1, 0.15) is 0 Å². The van der Waals surface area contributed by atoms with Crippen molar-refractivity contribution in [2.75, 3.05) is 0 Å². The molecule has 0 bridgehead atoms. The van der Waals surface area contributed by atoms with Gasteiger partial charge < -0.3 is 4.98 Å². The molecule has 0 aromatic carbocycles. The summed E-state index contributed by atoms with van der Waals surface area (Å²) in [6.07, 6.45) is 6.61. The van der Waals surface area contributed by atoms with E-state index in [2.05, 4.69) is 35.6 Å². The Kier molecular flexibility index (Phi) is 2.00. The first-order valence-electron chi connectivity index (χ1n) is 3.49. The molecular formula is C6H5N7. The number of nitrogens with zero attached hydrogens (tertiary/aromatic N) is 6. The predicted octanol–water partition coefficient (Wildman–Crippen LogP) is 1.48. The molecule has 7 heteroatoms. The van der Waals surface area contributed by atoms with Gasteiger partial charge in [-0.3, -0.25) is 0 Å². The highest BCUT2D eigenvalue weighted by Crippen LogP contribution is 2.15. The van der Waals surface area contributed by atoms with Gasteiger partial charge in [-0.15, -0.1) is 15.3 Å². The Balaban J connectivity index is 0.000000113. The molecule has 0 amide bonds. The molecule has 13 heavy (non-hydrogen) atoms. The minimum atomic E-state index is 0.519. The van der Waals surface area contributed by atoms with Gasteiger partial charge in [0.15, 0.2) is 5.70 Å². The number of nitrogens with one attached hydrogen (secondary N) is 1. The van der Waals surface area contributed by atoms with E-state index in [0.717, 1.165) is 0 Å². The number of aromatic nitrogens is 2. The summed E-state index contributed by atoms with van der Waals surface area (Å²) in [5.41, 5.74) is 0.657. The lowest BCUT2D eigenvalue weighted by atomic mass is 10.5. The van der Waals surface area contributed by atoms with E-state index in [1.54, 1.807) is 18.7 Å². The van der Waals surface area contributed by atoms with Gasteiger partial charge in [0.05, 0.1) is 12.5 Å². The number of fused-ring (bicyclic) bond motifs is 1. The van der Waals surface area contributed by atoms with E-state index < -0.39 is 0 Å². The zero-order valence-electron chi connectivity index (χ0n) is 6.49. The Morgan fingerprint density at radius 2 is 2.23 bits per heavy atom. The summed E-state index contributed by atoms with van der Waals surface area (Å²) in [5.74, 6) is 0.519. The van der Waals surface area contributed by atoms with E-state index in [-0.39, 0.29) is 0 Å². The number of aromatic amines is 1. The molecule has 3 heterocycles. The maximum Gasteiger partial charge on any atom is 0.227 e. The second-order valence-corrected chi connectivity index (χ2v) is 2.10. The molecule has 64 valence electrons. The van der Waals surface area contributed by atoms with Gasteiger partial charge in [-0.1, -0.05) is 0 Å². The van der Waals surface area contributed by atoms with Crippen LogP contribution in [0.25, 0.3) is 0 Å². The summed E-state index contributed by atoms with van der Waals surface area (Å²) < 4.78 is 0. The van der Waals surface area contributed by atoms with Crippen LogP contribution in [0.2, 0.25) is 0 Å². The fraction of sp³-hybridized carbons (Fsp3) is 0. The lowest BCUT2D eigenvalue weighted by Crippen LogP contribution is -1.83. The lowest BCUT2D eigenvalue weighted by Gasteiger charge is -1.73. The predicted molar refractivity (Wildman–Crippen MR) is 43.8 cm³/mol. The molecule has 7 nitrogen and oxygen atoms in total. The Hall–Kier alpha value is -2.18. The van der Waals surface area contributed by atoms with Crippen LogP contribution in [0.15, 0.2) is 56.3 Å². The maximum atomic E-state index is 3.67. The third-order valence-electron chi connectivity index (χ3n) is 1.26. The summed E-state index contributed by atoms with van der Waals surface area (Å²) in [7, 11) is 0. The number of amidine groups is 1. The van der Waals surface area contributed by atoms with Crippen LogP contribution in [-0.2, 0) is 0 Å². The molecule has 3 rings (SSSR count). The summed E-state index contributed by atoms with van der Waals surface area (Å²) in [6, 6.07) is 0. The number of azo groups is 1. The summed E-state index contributed by atoms with van der Waals surface area (Å²) in [6.45, 7) is 0. The lowest BCUT2D eigenvalue weighted by molar-refractivity contribution is 1.08. The average molecular weight is 175 g/mol. The van der Waals surface area contributed by atoms with E-state index in [1.807, 2.05) is 0 Å². The van der Waals surface area contributed by atoms with Crippen molar-refractivity contribution in [2.24, 2.45) is 25.7 Å². The molecule has 1 N–H and O–H groups in total.